The Labute approximate surface area is 186 Å². The van der Waals surface area contributed by atoms with Crippen LogP contribution in [-0.2, 0) is 29.0 Å². The highest BCUT2D eigenvalue weighted by Gasteiger charge is 2.37. The van der Waals surface area contributed by atoms with Crippen LogP contribution in [0.25, 0.3) is 0 Å². The second-order valence-electron chi connectivity index (χ2n) is 8.55. The lowest BCUT2D eigenvalue weighted by Gasteiger charge is -2.27. The fourth-order valence-electron chi connectivity index (χ4n) is 4.65. The maximum absolute atomic E-state index is 13.1. The molecule has 7 heteroatoms. The van der Waals surface area contributed by atoms with Crippen molar-refractivity contribution in [1.82, 2.24) is 5.32 Å². The first-order chi connectivity index (χ1) is 14.9. The Balaban J connectivity index is 1.52. The van der Waals surface area contributed by atoms with Crippen molar-refractivity contribution in [2.45, 2.75) is 58.4 Å². The van der Waals surface area contributed by atoms with E-state index in [4.69, 9.17) is 0 Å². The van der Waals surface area contributed by atoms with E-state index in [-0.39, 0.29) is 11.8 Å². The Hall–Kier alpha value is -2.67. The van der Waals surface area contributed by atoms with Gasteiger partial charge in [-0.3, -0.25) is 14.4 Å². The fraction of sp³-hybridized carbons (Fsp3) is 0.458. The first-order valence-corrected chi connectivity index (χ1v) is 11.8. The standard InChI is InChI=1S/C24H28N2O4S/c1-14-9-11-15(12-10-14)13-25-22(28)20-18-7-4-8-19(18)31-23(20)26-21(27)16-5-2-3-6-17(16)24(29)30/h9-12,16-17H,2-8,13H2,1H3,(H,25,28)(H,26,27)(H,29,30). The summed E-state index contributed by atoms with van der Waals surface area (Å²) < 4.78 is 0. The second kappa shape index (κ2) is 9.22. The van der Waals surface area contributed by atoms with E-state index in [0.29, 0.717) is 30.0 Å². The number of aryl methyl sites for hydroxylation is 2. The third-order valence-electron chi connectivity index (χ3n) is 6.38. The van der Waals surface area contributed by atoms with Gasteiger partial charge in [-0.2, -0.15) is 0 Å². The van der Waals surface area contributed by atoms with Crippen LogP contribution in [0.3, 0.4) is 0 Å². The third kappa shape index (κ3) is 4.66. The SMILES string of the molecule is Cc1ccc(CNC(=O)c2c(NC(=O)C3CCCCC3C(=O)O)sc3c2CCC3)cc1. The molecule has 0 radical (unpaired) electrons. The van der Waals surface area contributed by atoms with Gasteiger partial charge in [0.1, 0.15) is 5.00 Å². The van der Waals surface area contributed by atoms with Crippen molar-refractivity contribution >= 4 is 34.1 Å². The number of carbonyl (C=O) groups is 3. The normalized spacial score (nSPS) is 20.2. The quantitative estimate of drug-likeness (QED) is 0.624. The number of aliphatic carboxylic acids is 1. The average Bonchev–Trinajstić information content (AvgIpc) is 3.34. The summed E-state index contributed by atoms with van der Waals surface area (Å²) in [7, 11) is 0. The molecule has 2 aliphatic rings. The molecular formula is C24H28N2O4S. The fourth-order valence-corrected chi connectivity index (χ4v) is 5.94. The van der Waals surface area contributed by atoms with Gasteiger partial charge in [-0.05, 0) is 50.2 Å². The van der Waals surface area contributed by atoms with Crippen molar-refractivity contribution in [3.63, 3.8) is 0 Å². The molecule has 6 nitrogen and oxygen atoms in total. The van der Waals surface area contributed by atoms with Crippen molar-refractivity contribution in [3.8, 4) is 0 Å². The van der Waals surface area contributed by atoms with Crippen LogP contribution in [0.5, 0.6) is 0 Å². The number of carboxylic acids is 1. The van der Waals surface area contributed by atoms with E-state index < -0.39 is 17.8 Å². The Morgan fingerprint density at radius 2 is 1.74 bits per heavy atom. The highest BCUT2D eigenvalue weighted by atomic mass is 32.1. The Bertz CT molecular complexity index is 996. The van der Waals surface area contributed by atoms with E-state index in [1.807, 2.05) is 31.2 Å². The molecule has 2 unspecified atom stereocenters. The maximum Gasteiger partial charge on any atom is 0.307 e. The van der Waals surface area contributed by atoms with E-state index in [1.165, 1.54) is 11.3 Å². The lowest BCUT2D eigenvalue weighted by molar-refractivity contribution is -0.147. The molecule has 1 aromatic heterocycles. The first kappa shape index (κ1) is 21.6. The highest BCUT2D eigenvalue weighted by Crippen LogP contribution is 2.40. The van der Waals surface area contributed by atoms with Crippen LogP contribution in [0.1, 0.15) is 64.0 Å². The van der Waals surface area contributed by atoms with Gasteiger partial charge in [0, 0.05) is 11.4 Å². The molecule has 1 saturated carbocycles. The zero-order valence-electron chi connectivity index (χ0n) is 17.7. The number of amides is 2. The predicted octanol–water partition coefficient (Wildman–Crippen LogP) is 4.30. The van der Waals surface area contributed by atoms with Crippen molar-refractivity contribution < 1.29 is 19.5 Å². The van der Waals surface area contributed by atoms with Gasteiger partial charge >= 0.3 is 5.97 Å². The van der Waals surface area contributed by atoms with E-state index >= 15 is 0 Å². The lowest BCUT2D eigenvalue weighted by atomic mass is 9.79. The summed E-state index contributed by atoms with van der Waals surface area (Å²) in [5, 5.41) is 16.0. The van der Waals surface area contributed by atoms with Gasteiger partial charge in [0.05, 0.1) is 17.4 Å². The van der Waals surface area contributed by atoms with E-state index in [0.717, 1.165) is 53.7 Å². The van der Waals surface area contributed by atoms with E-state index in [2.05, 4.69) is 10.6 Å². The van der Waals surface area contributed by atoms with Gasteiger partial charge < -0.3 is 15.7 Å². The molecule has 0 saturated heterocycles. The van der Waals surface area contributed by atoms with Crippen molar-refractivity contribution in [2.75, 3.05) is 5.32 Å². The van der Waals surface area contributed by atoms with E-state index in [1.54, 1.807) is 0 Å². The summed E-state index contributed by atoms with van der Waals surface area (Å²) in [5.74, 6) is -2.58. The molecule has 1 heterocycles. The zero-order valence-corrected chi connectivity index (χ0v) is 18.5. The molecule has 1 aromatic carbocycles. The average molecular weight is 441 g/mol. The number of thiophene rings is 1. The Morgan fingerprint density at radius 3 is 2.45 bits per heavy atom. The van der Waals surface area contributed by atoms with Gasteiger partial charge in [-0.1, -0.05) is 42.7 Å². The summed E-state index contributed by atoms with van der Waals surface area (Å²) in [4.78, 5) is 38.9. The van der Waals surface area contributed by atoms with Crippen molar-refractivity contribution in [1.29, 1.82) is 0 Å². The molecule has 0 bridgehead atoms. The summed E-state index contributed by atoms with van der Waals surface area (Å²) in [6.07, 6.45) is 5.54. The van der Waals surface area contributed by atoms with Gasteiger partial charge in [0.25, 0.3) is 5.91 Å². The minimum Gasteiger partial charge on any atom is -0.481 e. The highest BCUT2D eigenvalue weighted by molar-refractivity contribution is 7.17. The lowest BCUT2D eigenvalue weighted by Crippen LogP contribution is -2.36. The molecule has 164 valence electrons. The van der Waals surface area contributed by atoms with Gasteiger partial charge in [0.2, 0.25) is 5.91 Å². The number of anilines is 1. The smallest absolute Gasteiger partial charge is 0.307 e. The maximum atomic E-state index is 13.1. The number of benzene rings is 1. The van der Waals surface area contributed by atoms with Crippen LogP contribution in [0.15, 0.2) is 24.3 Å². The molecule has 0 aliphatic heterocycles. The van der Waals surface area contributed by atoms with Crippen LogP contribution in [-0.4, -0.2) is 22.9 Å². The molecule has 3 N–H and O–H groups in total. The number of fused-ring (bicyclic) bond motifs is 1. The molecule has 4 rings (SSSR count). The Kier molecular flexibility index (Phi) is 6.41. The summed E-state index contributed by atoms with van der Waals surface area (Å²) in [6, 6.07) is 8.01. The van der Waals surface area contributed by atoms with Crippen LogP contribution in [0.4, 0.5) is 5.00 Å². The minimum atomic E-state index is -0.912. The number of hydrogen-bond acceptors (Lipinski definition) is 4. The molecule has 2 aromatic rings. The number of rotatable bonds is 6. The summed E-state index contributed by atoms with van der Waals surface area (Å²) in [6.45, 7) is 2.44. The van der Waals surface area contributed by atoms with E-state index in [9.17, 15) is 19.5 Å². The van der Waals surface area contributed by atoms with Crippen molar-refractivity contribution in [2.24, 2.45) is 11.8 Å². The summed E-state index contributed by atoms with van der Waals surface area (Å²) >= 11 is 1.46. The van der Waals surface area contributed by atoms with Crippen LogP contribution < -0.4 is 10.6 Å². The monoisotopic (exact) mass is 440 g/mol. The summed E-state index contributed by atoms with van der Waals surface area (Å²) in [5.41, 5.74) is 3.77. The van der Waals surface area contributed by atoms with Crippen molar-refractivity contribution in [3.05, 3.63) is 51.4 Å². The topological polar surface area (TPSA) is 95.5 Å². The zero-order chi connectivity index (χ0) is 22.0. The first-order valence-electron chi connectivity index (χ1n) is 11.0. The molecule has 1 fully saturated rings. The number of carbonyl (C=O) groups excluding carboxylic acids is 2. The van der Waals surface area contributed by atoms with Gasteiger partial charge in [-0.15, -0.1) is 11.3 Å². The molecule has 0 spiro atoms. The number of carboxylic acid groups (broad SMARTS) is 1. The molecular weight excluding hydrogens is 412 g/mol. The van der Waals surface area contributed by atoms with Gasteiger partial charge in [-0.25, -0.2) is 0 Å². The molecule has 2 amide bonds. The predicted molar refractivity (Wildman–Crippen MR) is 120 cm³/mol. The molecule has 31 heavy (non-hydrogen) atoms. The van der Waals surface area contributed by atoms with Crippen LogP contribution >= 0.6 is 11.3 Å². The largest absolute Gasteiger partial charge is 0.481 e. The number of hydrogen-bond donors (Lipinski definition) is 3. The van der Waals surface area contributed by atoms with Gasteiger partial charge in [0.15, 0.2) is 0 Å². The Morgan fingerprint density at radius 1 is 1.03 bits per heavy atom. The third-order valence-corrected chi connectivity index (χ3v) is 7.59. The van der Waals surface area contributed by atoms with Crippen LogP contribution in [0.2, 0.25) is 0 Å². The minimum absolute atomic E-state index is 0.186. The molecule has 2 atom stereocenters. The second-order valence-corrected chi connectivity index (χ2v) is 9.66. The van der Waals surface area contributed by atoms with Crippen LogP contribution in [0, 0.1) is 18.8 Å². The number of nitrogens with one attached hydrogen (secondary N) is 2. The molecule has 2 aliphatic carbocycles.